The second-order valence-electron chi connectivity index (χ2n) is 5.50. The summed E-state index contributed by atoms with van der Waals surface area (Å²) in [6.07, 6.45) is 0.304. The number of aliphatic hydroxyl groups is 1. The van der Waals surface area contributed by atoms with Crippen LogP contribution < -0.4 is 0 Å². The van der Waals surface area contributed by atoms with Crippen molar-refractivity contribution >= 4 is 11.7 Å². The maximum absolute atomic E-state index is 12.1. The number of rotatable bonds is 7. The molecular formula is C17H23NO4. The monoisotopic (exact) mass is 305 g/mol. The molecule has 1 saturated heterocycles. The maximum atomic E-state index is 12.1. The van der Waals surface area contributed by atoms with Gasteiger partial charge in [0.1, 0.15) is 6.10 Å². The Bertz CT molecular complexity index is 503. The van der Waals surface area contributed by atoms with Crippen molar-refractivity contribution in [3.05, 3.63) is 35.9 Å². The van der Waals surface area contributed by atoms with E-state index in [2.05, 4.69) is 0 Å². The molecule has 1 aliphatic rings. The molecule has 0 aliphatic carbocycles. The molecule has 22 heavy (non-hydrogen) atoms. The highest BCUT2D eigenvalue weighted by atomic mass is 16.5. The largest absolute Gasteiger partial charge is 0.388 e. The summed E-state index contributed by atoms with van der Waals surface area (Å²) in [5.74, 6) is 0.0316. The summed E-state index contributed by atoms with van der Waals surface area (Å²) < 4.78 is 5.40. The van der Waals surface area contributed by atoms with Crippen molar-refractivity contribution in [1.82, 2.24) is 4.90 Å². The van der Waals surface area contributed by atoms with Crippen LogP contribution in [0.15, 0.2) is 30.3 Å². The highest BCUT2D eigenvalue weighted by Gasteiger charge is 2.34. The third-order valence-electron chi connectivity index (χ3n) is 3.86. The fourth-order valence-electron chi connectivity index (χ4n) is 2.66. The van der Waals surface area contributed by atoms with E-state index in [1.54, 1.807) is 17.0 Å². The molecule has 2 rings (SSSR count). The summed E-state index contributed by atoms with van der Waals surface area (Å²) in [6, 6.07) is 9.10. The first-order chi connectivity index (χ1) is 10.6. The van der Waals surface area contributed by atoms with E-state index in [1.807, 2.05) is 25.1 Å². The molecular weight excluding hydrogens is 282 g/mol. The molecule has 0 spiro atoms. The lowest BCUT2D eigenvalue weighted by atomic mass is 10.1. The van der Waals surface area contributed by atoms with E-state index >= 15 is 0 Å². The number of amides is 1. The van der Waals surface area contributed by atoms with Crippen molar-refractivity contribution in [2.24, 2.45) is 0 Å². The number of hydrogen-bond donors (Lipinski definition) is 1. The predicted octanol–water partition coefficient (Wildman–Crippen LogP) is 1.65. The van der Waals surface area contributed by atoms with E-state index in [1.165, 1.54) is 0 Å². The number of hydrogen-bond acceptors (Lipinski definition) is 4. The van der Waals surface area contributed by atoms with Gasteiger partial charge in [0, 0.05) is 38.1 Å². The van der Waals surface area contributed by atoms with Crippen LogP contribution in [-0.2, 0) is 9.53 Å². The second kappa shape index (κ2) is 8.06. The molecule has 1 aliphatic heterocycles. The van der Waals surface area contributed by atoms with Crippen LogP contribution in [0.1, 0.15) is 36.5 Å². The Morgan fingerprint density at radius 2 is 1.95 bits per heavy atom. The molecule has 0 radical (unpaired) electrons. The molecule has 1 N–H and O–H groups in total. The zero-order valence-corrected chi connectivity index (χ0v) is 12.9. The minimum atomic E-state index is -0.616. The Labute approximate surface area is 130 Å². The van der Waals surface area contributed by atoms with Gasteiger partial charge in [-0.1, -0.05) is 30.3 Å². The van der Waals surface area contributed by atoms with E-state index in [0.29, 0.717) is 44.5 Å². The normalized spacial score (nSPS) is 21.1. The van der Waals surface area contributed by atoms with Gasteiger partial charge in [0.25, 0.3) is 0 Å². The number of ether oxygens (including phenoxy) is 1. The van der Waals surface area contributed by atoms with Crippen molar-refractivity contribution in [2.45, 2.75) is 38.4 Å². The highest BCUT2D eigenvalue weighted by Crippen LogP contribution is 2.16. The molecule has 2 atom stereocenters. The van der Waals surface area contributed by atoms with Gasteiger partial charge in [-0.05, 0) is 13.3 Å². The Morgan fingerprint density at radius 3 is 2.64 bits per heavy atom. The first-order valence-electron chi connectivity index (χ1n) is 7.77. The summed E-state index contributed by atoms with van der Waals surface area (Å²) in [5, 5.41) is 9.83. The zero-order valence-electron chi connectivity index (χ0n) is 12.9. The number of aliphatic hydroxyl groups excluding tert-OH is 1. The molecule has 1 amide bonds. The van der Waals surface area contributed by atoms with Gasteiger partial charge in [-0.3, -0.25) is 9.59 Å². The lowest BCUT2D eigenvalue weighted by Crippen LogP contribution is -2.30. The van der Waals surface area contributed by atoms with Gasteiger partial charge >= 0.3 is 0 Å². The van der Waals surface area contributed by atoms with Gasteiger partial charge in [0.05, 0.1) is 6.10 Å². The van der Waals surface area contributed by atoms with Gasteiger partial charge in [0.2, 0.25) is 5.91 Å². The number of Topliss-reactive ketones (excluding diaryl/α,β-unsaturated/α-hetero) is 1. The zero-order chi connectivity index (χ0) is 15.9. The van der Waals surface area contributed by atoms with Crippen LogP contribution in [0.4, 0.5) is 0 Å². The first-order valence-corrected chi connectivity index (χ1v) is 7.77. The van der Waals surface area contributed by atoms with Crippen LogP contribution in [0.3, 0.4) is 0 Å². The van der Waals surface area contributed by atoms with Crippen LogP contribution in [0.25, 0.3) is 0 Å². The third kappa shape index (κ3) is 4.39. The fourth-order valence-corrected chi connectivity index (χ4v) is 2.66. The van der Waals surface area contributed by atoms with Crippen LogP contribution in [0, 0.1) is 0 Å². The average molecular weight is 305 g/mol. The number of carbonyl (C=O) groups excluding carboxylic acids is 2. The Kier molecular flexibility index (Phi) is 6.10. The quantitative estimate of drug-likeness (QED) is 0.778. The SMILES string of the molecule is CCO[C@H]1CN(C(=O)CCCC(=O)c2ccccc2)C[C@@H]1O. The molecule has 5 nitrogen and oxygen atoms in total. The van der Waals surface area contributed by atoms with Crippen LogP contribution in [0.2, 0.25) is 0 Å². The van der Waals surface area contributed by atoms with Crippen LogP contribution in [0.5, 0.6) is 0 Å². The molecule has 1 fully saturated rings. The van der Waals surface area contributed by atoms with Gasteiger partial charge in [-0.2, -0.15) is 0 Å². The second-order valence-corrected chi connectivity index (χ2v) is 5.50. The summed E-state index contributed by atoms with van der Waals surface area (Å²) in [4.78, 5) is 25.7. The van der Waals surface area contributed by atoms with Gasteiger partial charge in [-0.15, -0.1) is 0 Å². The maximum Gasteiger partial charge on any atom is 0.222 e. The molecule has 5 heteroatoms. The lowest BCUT2D eigenvalue weighted by Gasteiger charge is -2.15. The van der Waals surface area contributed by atoms with E-state index in [-0.39, 0.29) is 17.8 Å². The molecule has 120 valence electrons. The fraction of sp³-hybridized carbons (Fsp3) is 0.529. The van der Waals surface area contributed by atoms with Crippen molar-refractivity contribution in [3.63, 3.8) is 0 Å². The minimum Gasteiger partial charge on any atom is -0.388 e. The third-order valence-corrected chi connectivity index (χ3v) is 3.86. The predicted molar refractivity (Wildman–Crippen MR) is 82.6 cm³/mol. The van der Waals surface area contributed by atoms with Crippen LogP contribution >= 0.6 is 0 Å². The number of carbonyl (C=O) groups is 2. The average Bonchev–Trinajstić information content (AvgIpc) is 2.89. The highest BCUT2D eigenvalue weighted by molar-refractivity contribution is 5.96. The van der Waals surface area contributed by atoms with Crippen molar-refractivity contribution in [3.8, 4) is 0 Å². The summed E-state index contributed by atoms with van der Waals surface area (Å²) in [5.41, 5.74) is 0.683. The molecule has 1 aromatic carbocycles. The first kappa shape index (κ1) is 16.6. The molecule has 1 aromatic rings. The number of β-amino-alcohol motifs (C(OH)–C–C–N with tert-alkyl or cyclic N) is 1. The van der Waals surface area contributed by atoms with Gasteiger partial charge < -0.3 is 14.7 Å². The van der Waals surface area contributed by atoms with Crippen molar-refractivity contribution < 1.29 is 19.4 Å². The van der Waals surface area contributed by atoms with E-state index in [9.17, 15) is 14.7 Å². The van der Waals surface area contributed by atoms with Gasteiger partial charge in [-0.25, -0.2) is 0 Å². The Balaban J connectivity index is 1.73. The smallest absolute Gasteiger partial charge is 0.222 e. The minimum absolute atomic E-state index is 0.0258. The standard InChI is InChI=1S/C17H23NO4/c1-2-22-16-12-18(11-15(16)20)17(21)10-6-9-14(19)13-7-4-3-5-8-13/h3-5,7-8,15-16,20H,2,6,9-12H2,1H3/t15-,16-/m0/s1. The summed E-state index contributed by atoms with van der Waals surface area (Å²) in [6.45, 7) is 3.14. The van der Waals surface area contributed by atoms with Crippen molar-refractivity contribution in [2.75, 3.05) is 19.7 Å². The van der Waals surface area contributed by atoms with E-state index in [0.717, 1.165) is 0 Å². The van der Waals surface area contributed by atoms with E-state index < -0.39 is 6.10 Å². The number of likely N-dealkylation sites (tertiary alicyclic amines) is 1. The van der Waals surface area contributed by atoms with Crippen molar-refractivity contribution in [1.29, 1.82) is 0 Å². The summed E-state index contributed by atoms with van der Waals surface area (Å²) in [7, 11) is 0. The van der Waals surface area contributed by atoms with E-state index in [4.69, 9.17) is 4.74 Å². The lowest BCUT2D eigenvalue weighted by molar-refractivity contribution is -0.130. The Morgan fingerprint density at radius 1 is 1.23 bits per heavy atom. The molecule has 0 saturated carbocycles. The van der Waals surface area contributed by atoms with Crippen LogP contribution in [-0.4, -0.2) is 53.6 Å². The molecule has 1 heterocycles. The molecule has 0 unspecified atom stereocenters. The van der Waals surface area contributed by atoms with Gasteiger partial charge in [0.15, 0.2) is 5.78 Å². The Hall–Kier alpha value is -1.72. The number of ketones is 1. The molecule has 0 aromatic heterocycles. The number of nitrogens with zero attached hydrogens (tertiary/aromatic N) is 1. The number of benzene rings is 1. The molecule has 0 bridgehead atoms. The summed E-state index contributed by atoms with van der Waals surface area (Å²) >= 11 is 0. The topological polar surface area (TPSA) is 66.8 Å².